The normalized spacial score (nSPS) is 12.1. The minimum atomic E-state index is -0.196. The van der Waals surface area contributed by atoms with E-state index in [-0.39, 0.29) is 18.5 Å². The smallest absolute Gasteiger partial charge is 0.242 e. The van der Waals surface area contributed by atoms with Crippen molar-refractivity contribution in [3.8, 4) is 5.69 Å². The van der Waals surface area contributed by atoms with E-state index in [1.807, 2.05) is 49.5 Å². The molecule has 0 aliphatic rings. The molecule has 2 heterocycles. The lowest BCUT2D eigenvalue weighted by Gasteiger charge is -2.11. The highest BCUT2D eigenvalue weighted by Crippen LogP contribution is 2.13. The van der Waals surface area contributed by atoms with Crippen LogP contribution in [0.2, 0.25) is 5.02 Å². The molecule has 0 radical (unpaired) electrons. The first-order chi connectivity index (χ1) is 11.1. The number of amides is 1. The molecule has 1 unspecified atom stereocenters. The first-order valence-electron chi connectivity index (χ1n) is 7.20. The fraction of sp³-hybridized carbons (Fsp3) is 0.188. The highest BCUT2D eigenvalue weighted by Gasteiger charge is 2.13. The SMILES string of the molecule is CC(NC(=O)Cn1cc(Cl)cn1)c1ccn(-c2ccccc2)n1. The third-order valence-electron chi connectivity index (χ3n) is 3.36. The van der Waals surface area contributed by atoms with Gasteiger partial charge >= 0.3 is 0 Å². The van der Waals surface area contributed by atoms with Gasteiger partial charge in [0.2, 0.25) is 5.91 Å². The van der Waals surface area contributed by atoms with E-state index < -0.39 is 0 Å². The summed E-state index contributed by atoms with van der Waals surface area (Å²) in [4.78, 5) is 12.0. The zero-order valence-corrected chi connectivity index (χ0v) is 13.3. The van der Waals surface area contributed by atoms with E-state index in [9.17, 15) is 4.79 Å². The lowest BCUT2D eigenvalue weighted by molar-refractivity contribution is -0.122. The monoisotopic (exact) mass is 329 g/mol. The predicted molar refractivity (Wildman–Crippen MR) is 87.4 cm³/mol. The Morgan fingerprint density at radius 2 is 2.09 bits per heavy atom. The summed E-state index contributed by atoms with van der Waals surface area (Å²) in [7, 11) is 0. The highest BCUT2D eigenvalue weighted by atomic mass is 35.5. The van der Waals surface area contributed by atoms with Crippen molar-refractivity contribution in [3.63, 3.8) is 0 Å². The van der Waals surface area contributed by atoms with E-state index in [0.717, 1.165) is 11.4 Å². The van der Waals surface area contributed by atoms with Crippen LogP contribution in [0.15, 0.2) is 55.0 Å². The molecule has 3 rings (SSSR count). The van der Waals surface area contributed by atoms with Crippen molar-refractivity contribution >= 4 is 17.5 Å². The van der Waals surface area contributed by atoms with E-state index in [2.05, 4.69) is 15.5 Å². The Bertz CT molecular complexity index is 796. The van der Waals surface area contributed by atoms with Gasteiger partial charge in [0.25, 0.3) is 0 Å². The number of hydrogen-bond acceptors (Lipinski definition) is 3. The van der Waals surface area contributed by atoms with Crippen molar-refractivity contribution in [3.05, 3.63) is 65.7 Å². The molecule has 23 heavy (non-hydrogen) atoms. The predicted octanol–water partition coefficient (Wildman–Crippen LogP) is 2.60. The number of rotatable bonds is 5. The molecule has 1 amide bonds. The van der Waals surface area contributed by atoms with Crippen LogP contribution in [-0.2, 0) is 11.3 Å². The van der Waals surface area contributed by atoms with Crippen molar-refractivity contribution in [2.24, 2.45) is 0 Å². The molecule has 0 bridgehead atoms. The molecule has 6 nitrogen and oxygen atoms in total. The number of carbonyl (C=O) groups excluding carboxylic acids is 1. The Morgan fingerprint density at radius 1 is 1.30 bits per heavy atom. The van der Waals surface area contributed by atoms with Gasteiger partial charge in [-0.3, -0.25) is 9.48 Å². The van der Waals surface area contributed by atoms with Gasteiger partial charge < -0.3 is 5.32 Å². The van der Waals surface area contributed by atoms with Gasteiger partial charge in [-0.15, -0.1) is 0 Å². The maximum absolute atomic E-state index is 12.0. The second kappa shape index (κ2) is 6.66. The Morgan fingerprint density at radius 3 is 2.78 bits per heavy atom. The molecule has 118 valence electrons. The molecular formula is C16H16ClN5O. The van der Waals surface area contributed by atoms with Crippen LogP contribution in [0.4, 0.5) is 0 Å². The number of nitrogens with zero attached hydrogens (tertiary/aromatic N) is 4. The van der Waals surface area contributed by atoms with Crippen LogP contribution in [0, 0.1) is 0 Å². The molecule has 0 aliphatic carbocycles. The summed E-state index contributed by atoms with van der Waals surface area (Å²) in [6, 6.07) is 11.5. The van der Waals surface area contributed by atoms with Crippen molar-refractivity contribution in [1.82, 2.24) is 24.9 Å². The van der Waals surface area contributed by atoms with Crippen molar-refractivity contribution in [1.29, 1.82) is 0 Å². The van der Waals surface area contributed by atoms with Gasteiger partial charge in [-0.25, -0.2) is 4.68 Å². The van der Waals surface area contributed by atoms with Crippen molar-refractivity contribution in [2.75, 3.05) is 0 Å². The van der Waals surface area contributed by atoms with E-state index in [1.165, 1.54) is 10.9 Å². The molecule has 0 aliphatic heterocycles. The zero-order chi connectivity index (χ0) is 16.2. The molecule has 1 N–H and O–H groups in total. The van der Waals surface area contributed by atoms with Crippen LogP contribution in [-0.4, -0.2) is 25.5 Å². The van der Waals surface area contributed by atoms with Gasteiger partial charge in [0.05, 0.1) is 28.6 Å². The van der Waals surface area contributed by atoms with Gasteiger partial charge in [-0.2, -0.15) is 10.2 Å². The first-order valence-corrected chi connectivity index (χ1v) is 7.58. The highest BCUT2D eigenvalue weighted by molar-refractivity contribution is 6.30. The fourth-order valence-corrected chi connectivity index (χ4v) is 2.38. The molecule has 0 saturated carbocycles. The van der Waals surface area contributed by atoms with Gasteiger partial charge in [0.1, 0.15) is 6.54 Å². The molecule has 0 saturated heterocycles. The number of aromatic nitrogens is 4. The van der Waals surface area contributed by atoms with Crippen molar-refractivity contribution < 1.29 is 4.79 Å². The fourth-order valence-electron chi connectivity index (χ4n) is 2.23. The summed E-state index contributed by atoms with van der Waals surface area (Å²) in [5, 5.41) is 11.9. The van der Waals surface area contributed by atoms with Gasteiger partial charge in [-0.05, 0) is 25.1 Å². The lowest BCUT2D eigenvalue weighted by Crippen LogP contribution is -2.30. The molecule has 3 aromatic rings. The lowest BCUT2D eigenvalue weighted by atomic mass is 10.2. The van der Waals surface area contributed by atoms with Crippen LogP contribution in [0.5, 0.6) is 0 Å². The van der Waals surface area contributed by atoms with Gasteiger partial charge in [0, 0.05) is 12.4 Å². The van der Waals surface area contributed by atoms with E-state index in [0.29, 0.717) is 5.02 Å². The number of carbonyl (C=O) groups is 1. The number of nitrogens with one attached hydrogen (secondary N) is 1. The van der Waals surface area contributed by atoms with Gasteiger partial charge in [0.15, 0.2) is 0 Å². The molecular weight excluding hydrogens is 314 g/mol. The molecule has 1 atom stereocenters. The summed E-state index contributed by atoms with van der Waals surface area (Å²) < 4.78 is 3.28. The van der Waals surface area contributed by atoms with E-state index in [1.54, 1.807) is 10.9 Å². The Balaban J connectivity index is 1.63. The second-order valence-electron chi connectivity index (χ2n) is 5.17. The minimum Gasteiger partial charge on any atom is -0.346 e. The molecule has 2 aromatic heterocycles. The second-order valence-corrected chi connectivity index (χ2v) is 5.60. The average molecular weight is 330 g/mol. The largest absolute Gasteiger partial charge is 0.346 e. The van der Waals surface area contributed by atoms with Crippen LogP contribution in [0.3, 0.4) is 0 Å². The Labute approximate surface area is 138 Å². The third kappa shape index (κ3) is 3.78. The molecule has 0 fully saturated rings. The molecule has 1 aromatic carbocycles. The van der Waals surface area contributed by atoms with Crippen molar-refractivity contribution in [2.45, 2.75) is 19.5 Å². The molecule has 0 spiro atoms. The maximum atomic E-state index is 12.0. The number of halogens is 1. The Hall–Kier alpha value is -2.60. The number of para-hydroxylation sites is 1. The average Bonchev–Trinajstić information content (AvgIpc) is 3.17. The van der Waals surface area contributed by atoms with Crippen LogP contribution in [0.25, 0.3) is 5.69 Å². The van der Waals surface area contributed by atoms with Gasteiger partial charge in [-0.1, -0.05) is 29.8 Å². The zero-order valence-electron chi connectivity index (χ0n) is 12.6. The minimum absolute atomic E-state index is 0.121. The maximum Gasteiger partial charge on any atom is 0.242 e. The van der Waals surface area contributed by atoms with Crippen LogP contribution in [0.1, 0.15) is 18.7 Å². The Kier molecular flexibility index (Phi) is 4.43. The first kappa shape index (κ1) is 15.3. The molecule has 7 heteroatoms. The summed E-state index contributed by atoms with van der Waals surface area (Å²) in [6.45, 7) is 2.02. The van der Waals surface area contributed by atoms with E-state index in [4.69, 9.17) is 11.6 Å². The topological polar surface area (TPSA) is 64.7 Å². The quantitative estimate of drug-likeness (QED) is 0.782. The standard InChI is InChI=1S/C16H16ClN5O/c1-12(19-16(23)11-21-10-13(17)9-18-21)15-7-8-22(20-15)14-5-3-2-4-6-14/h2-10,12H,11H2,1H3,(H,19,23). The number of benzene rings is 1. The summed E-state index contributed by atoms with van der Waals surface area (Å²) >= 11 is 5.78. The van der Waals surface area contributed by atoms with Crippen LogP contribution >= 0.6 is 11.6 Å². The number of hydrogen-bond donors (Lipinski definition) is 1. The van der Waals surface area contributed by atoms with E-state index >= 15 is 0 Å². The summed E-state index contributed by atoms with van der Waals surface area (Å²) in [5.41, 5.74) is 1.77. The summed E-state index contributed by atoms with van der Waals surface area (Å²) in [5.74, 6) is -0.147. The summed E-state index contributed by atoms with van der Waals surface area (Å²) in [6.07, 6.45) is 4.98. The van der Waals surface area contributed by atoms with Crippen LogP contribution < -0.4 is 5.32 Å². The third-order valence-corrected chi connectivity index (χ3v) is 3.55.